The fourth-order valence-electron chi connectivity index (χ4n) is 4.35. The molecule has 6 nitrogen and oxygen atoms in total. The average Bonchev–Trinajstić information content (AvgIpc) is 3.31. The van der Waals surface area contributed by atoms with Crippen LogP contribution in [-0.4, -0.2) is 38.7 Å². The molecule has 0 spiro atoms. The molecule has 2 unspecified atom stereocenters. The molecule has 3 heterocycles. The van der Waals surface area contributed by atoms with Gasteiger partial charge in [-0.3, -0.25) is 4.79 Å². The summed E-state index contributed by atoms with van der Waals surface area (Å²) in [4.78, 5) is 14.3. The molecule has 1 aromatic rings. The third kappa shape index (κ3) is 3.98. The molecule has 5 rings (SSSR count). The minimum atomic E-state index is -3.86. The standard InChI is InChI=1S/C21H21ClFN3O3S2/c22-15-2-1-13-9-20(30-19(13)10-15)31(28,29)25-17-4-6-26(21(17)27)18-8-12-3-5-24-11-14(12)7-16(18)23/h1-2,7-10,13,17,19,24-25H,3-6,11H2/t13?,17-,19?/m0/s1. The number of benzene rings is 1. The number of sulfonamides is 1. The maximum Gasteiger partial charge on any atom is 0.247 e. The molecular weight excluding hydrogens is 461 g/mol. The van der Waals surface area contributed by atoms with Crippen molar-refractivity contribution in [3.05, 3.63) is 62.7 Å². The first-order valence-corrected chi connectivity index (χ1v) is 12.9. The molecule has 1 amide bonds. The van der Waals surface area contributed by atoms with Gasteiger partial charge in [0.2, 0.25) is 15.9 Å². The first-order valence-electron chi connectivity index (χ1n) is 10.1. The lowest BCUT2D eigenvalue weighted by Gasteiger charge is -2.23. The van der Waals surface area contributed by atoms with Gasteiger partial charge in [-0.1, -0.05) is 23.8 Å². The zero-order chi connectivity index (χ0) is 21.8. The van der Waals surface area contributed by atoms with Gasteiger partial charge in [-0.15, -0.1) is 11.8 Å². The first kappa shape index (κ1) is 21.2. The van der Waals surface area contributed by atoms with Crippen LogP contribution in [0.25, 0.3) is 0 Å². The van der Waals surface area contributed by atoms with Crippen molar-refractivity contribution in [2.45, 2.75) is 30.7 Å². The van der Waals surface area contributed by atoms with Gasteiger partial charge in [0.1, 0.15) is 16.1 Å². The Morgan fingerprint density at radius 2 is 2.10 bits per heavy atom. The largest absolute Gasteiger partial charge is 0.312 e. The topological polar surface area (TPSA) is 78.5 Å². The number of carbonyl (C=O) groups is 1. The number of amides is 1. The molecule has 31 heavy (non-hydrogen) atoms. The second-order valence-electron chi connectivity index (χ2n) is 8.01. The summed E-state index contributed by atoms with van der Waals surface area (Å²) in [7, 11) is -3.86. The van der Waals surface area contributed by atoms with Gasteiger partial charge in [0.05, 0.1) is 5.69 Å². The van der Waals surface area contributed by atoms with Crippen molar-refractivity contribution in [3.63, 3.8) is 0 Å². The van der Waals surface area contributed by atoms with Crippen LogP contribution in [0.3, 0.4) is 0 Å². The molecule has 10 heteroatoms. The van der Waals surface area contributed by atoms with E-state index in [0.717, 1.165) is 24.1 Å². The zero-order valence-corrected chi connectivity index (χ0v) is 18.9. The fourth-order valence-corrected chi connectivity index (χ4v) is 7.71. The van der Waals surface area contributed by atoms with Gasteiger partial charge >= 0.3 is 0 Å². The minimum Gasteiger partial charge on any atom is -0.312 e. The van der Waals surface area contributed by atoms with E-state index in [2.05, 4.69) is 10.0 Å². The van der Waals surface area contributed by atoms with Crippen molar-refractivity contribution in [1.29, 1.82) is 0 Å². The normalized spacial score (nSPS) is 27.7. The lowest BCUT2D eigenvalue weighted by molar-refractivity contribution is -0.118. The van der Waals surface area contributed by atoms with E-state index in [1.54, 1.807) is 18.2 Å². The number of allylic oxidation sites excluding steroid dienone is 4. The maximum atomic E-state index is 14.7. The van der Waals surface area contributed by atoms with Gasteiger partial charge in [0.15, 0.2) is 0 Å². The Labute approximate surface area is 189 Å². The highest BCUT2D eigenvalue weighted by Gasteiger charge is 2.40. The van der Waals surface area contributed by atoms with Crippen LogP contribution >= 0.6 is 23.4 Å². The fraction of sp³-hybridized carbons (Fsp3) is 0.381. The highest BCUT2D eigenvalue weighted by molar-refractivity contribution is 8.18. The number of anilines is 1. The van der Waals surface area contributed by atoms with Gasteiger partial charge in [-0.25, -0.2) is 12.8 Å². The van der Waals surface area contributed by atoms with Crippen molar-refractivity contribution < 1.29 is 17.6 Å². The number of halogens is 2. The highest BCUT2D eigenvalue weighted by Crippen LogP contribution is 2.43. The summed E-state index contributed by atoms with van der Waals surface area (Å²) in [5.74, 6) is -0.943. The van der Waals surface area contributed by atoms with Gasteiger partial charge in [0.25, 0.3) is 0 Å². The summed E-state index contributed by atoms with van der Waals surface area (Å²) in [6.45, 7) is 1.67. The number of hydrogen-bond acceptors (Lipinski definition) is 5. The van der Waals surface area contributed by atoms with Crippen molar-refractivity contribution in [3.8, 4) is 0 Å². The van der Waals surface area contributed by atoms with Crippen LogP contribution in [0, 0.1) is 11.7 Å². The smallest absolute Gasteiger partial charge is 0.247 e. The van der Waals surface area contributed by atoms with Crippen LogP contribution < -0.4 is 14.9 Å². The molecule has 1 aromatic carbocycles. The molecule has 1 fully saturated rings. The summed E-state index contributed by atoms with van der Waals surface area (Å²) in [6, 6.07) is 2.28. The van der Waals surface area contributed by atoms with Crippen LogP contribution in [0.15, 0.2) is 45.7 Å². The molecule has 3 atom stereocenters. The Bertz CT molecular complexity index is 1150. The second-order valence-corrected chi connectivity index (χ2v) is 11.6. The number of nitrogens with one attached hydrogen (secondary N) is 2. The lowest BCUT2D eigenvalue weighted by atomic mass is 9.99. The third-order valence-corrected chi connectivity index (χ3v) is 9.53. The van der Waals surface area contributed by atoms with Crippen molar-refractivity contribution in [1.82, 2.24) is 10.0 Å². The van der Waals surface area contributed by atoms with Gasteiger partial charge in [-0.05, 0) is 54.8 Å². The predicted molar refractivity (Wildman–Crippen MR) is 121 cm³/mol. The monoisotopic (exact) mass is 481 g/mol. The van der Waals surface area contributed by atoms with E-state index in [1.165, 1.54) is 22.7 Å². The van der Waals surface area contributed by atoms with E-state index in [9.17, 15) is 17.6 Å². The highest BCUT2D eigenvalue weighted by atomic mass is 35.5. The molecule has 3 aliphatic heterocycles. The Morgan fingerprint density at radius 3 is 2.94 bits per heavy atom. The number of fused-ring (bicyclic) bond motifs is 2. The van der Waals surface area contributed by atoms with E-state index >= 15 is 0 Å². The molecule has 4 aliphatic rings. The van der Waals surface area contributed by atoms with E-state index in [-0.39, 0.29) is 34.1 Å². The summed E-state index contributed by atoms with van der Waals surface area (Å²) in [5, 5.41) is 3.71. The van der Waals surface area contributed by atoms with E-state index in [4.69, 9.17) is 11.6 Å². The van der Waals surface area contributed by atoms with E-state index in [1.807, 2.05) is 12.2 Å². The van der Waals surface area contributed by atoms with Crippen LogP contribution in [0.2, 0.25) is 0 Å². The minimum absolute atomic E-state index is 0.0473. The van der Waals surface area contributed by atoms with Gasteiger partial charge in [0, 0.05) is 29.3 Å². The molecule has 0 saturated carbocycles. The molecule has 0 aromatic heterocycles. The van der Waals surface area contributed by atoms with Crippen LogP contribution in [0.1, 0.15) is 17.5 Å². The van der Waals surface area contributed by atoms with Gasteiger partial charge < -0.3 is 10.2 Å². The number of nitrogens with zero attached hydrogens (tertiary/aromatic N) is 1. The van der Waals surface area contributed by atoms with E-state index in [0.29, 0.717) is 11.6 Å². The Morgan fingerprint density at radius 1 is 1.26 bits per heavy atom. The quantitative estimate of drug-likeness (QED) is 0.691. The maximum absolute atomic E-state index is 14.7. The summed E-state index contributed by atoms with van der Waals surface area (Å²) >= 11 is 7.23. The van der Waals surface area contributed by atoms with Crippen LogP contribution in [0.5, 0.6) is 0 Å². The Balaban J connectivity index is 1.32. The number of rotatable bonds is 4. The second kappa shape index (κ2) is 8.04. The molecule has 2 N–H and O–H groups in total. The molecule has 164 valence electrons. The van der Waals surface area contributed by atoms with Crippen molar-refractivity contribution >= 4 is 45.0 Å². The predicted octanol–water partition coefficient (Wildman–Crippen LogP) is 2.76. The lowest BCUT2D eigenvalue weighted by Crippen LogP contribution is -2.41. The average molecular weight is 482 g/mol. The molecule has 1 aliphatic carbocycles. The van der Waals surface area contributed by atoms with Crippen molar-refractivity contribution in [2.24, 2.45) is 5.92 Å². The SMILES string of the molecule is O=C1[C@@H](NS(=O)(=O)C2=CC3C=CC(Cl)=CC3S2)CCN1c1cc2c(cc1F)CNCC2. The number of hydrogen-bond donors (Lipinski definition) is 2. The third-order valence-electron chi connectivity index (χ3n) is 5.98. The number of carbonyl (C=O) groups excluding carboxylic acids is 1. The molecular formula is C21H21ClFN3O3S2. The summed E-state index contributed by atoms with van der Waals surface area (Å²) in [6.07, 6.45) is 8.19. The summed E-state index contributed by atoms with van der Waals surface area (Å²) in [5.41, 5.74) is 2.13. The van der Waals surface area contributed by atoms with Gasteiger partial charge in [-0.2, -0.15) is 4.72 Å². The molecule has 1 saturated heterocycles. The number of thioether (sulfide) groups is 1. The van der Waals surface area contributed by atoms with Crippen LogP contribution in [-0.2, 0) is 27.8 Å². The van der Waals surface area contributed by atoms with Crippen molar-refractivity contribution in [2.75, 3.05) is 18.0 Å². The summed E-state index contributed by atoms with van der Waals surface area (Å²) < 4.78 is 43.3. The first-order chi connectivity index (χ1) is 14.8. The Kier molecular flexibility index (Phi) is 5.50. The molecule has 0 radical (unpaired) electrons. The molecule has 0 bridgehead atoms. The van der Waals surface area contributed by atoms with E-state index < -0.39 is 27.8 Å². The zero-order valence-electron chi connectivity index (χ0n) is 16.5. The Hall–Kier alpha value is -1.65. The van der Waals surface area contributed by atoms with Crippen LogP contribution in [0.4, 0.5) is 10.1 Å².